The van der Waals surface area contributed by atoms with Gasteiger partial charge in [-0.15, -0.1) is 0 Å². The van der Waals surface area contributed by atoms with Crippen molar-refractivity contribution >= 4 is 16.7 Å². The number of hydrogen-bond acceptors (Lipinski definition) is 2. The second-order valence-corrected chi connectivity index (χ2v) is 4.90. The van der Waals surface area contributed by atoms with Gasteiger partial charge in [0.25, 0.3) is 0 Å². The van der Waals surface area contributed by atoms with Crippen LogP contribution in [0.2, 0.25) is 0 Å². The SMILES string of the molecule is CCCCCCOc1ccc2c(C(=O)O)cccc2c1. The fourth-order valence-corrected chi connectivity index (χ4v) is 2.26. The first-order valence-corrected chi connectivity index (χ1v) is 7.11. The number of unbranched alkanes of at least 4 members (excludes halogenated alkanes) is 3. The average molecular weight is 272 g/mol. The highest BCUT2D eigenvalue weighted by Crippen LogP contribution is 2.24. The van der Waals surface area contributed by atoms with Crippen molar-refractivity contribution < 1.29 is 14.6 Å². The quantitative estimate of drug-likeness (QED) is 0.755. The molecule has 0 amide bonds. The van der Waals surface area contributed by atoms with Gasteiger partial charge in [0.15, 0.2) is 0 Å². The molecule has 0 bridgehead atoms. The van der Waals surface area contributed by atoms with Crippen LogP contribution >= 0.6 is 0 Å². The second kappa shape index (κ2) is 6.94. The molecule has 0 aliphatic carbocycles. The number of carboxylic acid groups (broad SMARTS) is 1. The Labute approximate surface area is 119 Å². The Morgan fingerprint density at radius 3 is 2.75 bits per heavy atom. The molecular weight excluding hydrogens is 252 g/mol. The lowest BCUT2D eigenvalue weighted by molar-refractivity contribution is 0.0699. The molecule has 2 rings (SSSR count). The van der Waals surface area contributed by atoms with E-state index in [0.717, 1.165) is 22.9 Å². The summed E-state index contributed by atoms with van der Waals surface area (Å²) in [4.78, 5) is 11.1. The van der Waals surface area contributed by atoms with Crippen LogP contribution in [-0.4, -0.2) is 17.7 Å². The summed E-state index contributed by atoms with van der Waals surface area (Å²) in [5, 5.41) is 10.8. The van der Waals surface area contributed by atoms with E-state index >= 15 is 0 Å². The number of rotatable bonds is 7. The van der Waals surface area contributed by atoms with Crippen LogP contribution < -0.4 is 4.74 Å². The summed E-state index contributed by atoms with van der Waals surface area (Å²) in [6.07, 6.45) is 4.70. The minimum Gasteiger partial charge on any atom is -0.494 e. The fourth-order valence-electron chi connectivity index (χ4n) is 2.26. The van der Waals surface area contributed by atoms with Gasteiger partial charge in [-0.05, 0) is 41.5 Å². The van der Waals surface area contributed by atoms with E-state index in [1.807, 2.05) is 24.3 Å². The van der Waals surface area contributed by atoms with E-state index in [4.69, 9.17) is 9.84 Å². The predicted octanol–water partition coefficient (Wildman–Crippen LogP) is 4.50. The van der Waals surface area contributed by atoms with Gasteiger partial charge in [-0.25, -0.2) is 4.79 Å². The van der Waals surface area contributed by atoms with Crippen LogP contribution in [0.1, 0.15) is 43.0 Å². The Morgan fingerprint density at radius 1 is 1.15 bits per heavy atom. The summed E-state index contributed by atoms with van der Waals surface area (Å²) in [7, 11) is 0. The maximum atomic E-state index is 11.1. The van der Waals surface area contributed by atoms with E-state index in [9.17, 15) is 4.79 Å². The standard InChI is InChI=1S/C17H20O3/c1-2-3-4-5-11-20-14-9-10-15-13(12-14)7-6-8-16(15)17(18)19/h6-10,12H,2-5,11H2,1H3,(H,18,19). The molecule has 0 saturated heterocycles. The van der Waals surface area contributed by atoms with Crippen molar-refractivity contribution in [3.8, 4) is 5.75 Å². The first kappa shape index (κ1) is 14.4. The van der Waals surface area contributed by atoms with E-state index in [-0.39, 0.29) is 0 Å². The summed E-state index contributed by atoms with van der Waals surface area (Å²) in [5.74, 6) is -0.0969. The Kier molecular flexibility index (Phi) is 4.99. The zero-order valence-electron chi connectivity index (χ0n) is 11.8. The molecule has 2 aromatic rings. The molecule has 106 valence electrons. The molecule has 0 unspecified atom stereocenters. The molecule has 0 aromatic heterocycles. The number of hydrogen-bond donors (Lipinski definition) is 1. The molecule has 3 heteroatoms. The van der Waals surface area contributed by atoms with Gasteiger partial charge in [-0.1, -0.05) is 38.3 Å². The molecule has 0 saturated carbocycles. The third-order valence-electron chi connectivity index (χ3n) is 3.35. The van der Waals surface area contributed by atoms with Gasteiger partial charge in [0.1, 0.15) is 5.75 Å². The Morgan fingerprint density at radius 2 is 2.00 bits per heavy atom. The average Bonchev–Trinajstić information content (AvgIpc) is 2.46. The molecule has 0 aliphatic rings. The zero-order valence-corrected chi connectivity index (χ0v) is 11.8. The van der Waals surface area contributed by atoms with Crippen molar-refractivity contribution in [2.75, 3.05) is 6.61 Å². The van der Waals surface area contributed by atoms with Crippen molar-refractivity contribution in [3.63, 3.8) is 0 Å². The zero-order chi connectivity index (χ0) is 14.4. The van der Waals surface area contributed by atoms with E-state index < -0.39 is 5.97 Å². The monoisotopic (exact) mass is 272 g/mol. The van der Waals surface area contributed by atoms with Gasteiger partial charge in [0.05, 0.1) is 12.2 Å². The number of aromatic carboxylic acids is 1. The first-order chi connectivity index (χ1) is 9.72. The molecule has 0 aliphatic heterocycles. The summed E-state index contributed by atoms with van der Waals surface area (Å²) >= 11 is 0. The van der Waals surface area contributed by atoms with E-state index in [2.05, 4.69) is 6.92 Å². The van der Waals surface area contributed by atoms with Gasteiger partial charge >= 0.3 is 5.97 Å². The number of carboxylic acids is 1. The summed E-state index contributed by atoms with van der Waals surface area (Å²) in [6, 6.07) is 10.9. The van der Waals surface area contributed by atoms with Crippen molar-refractivity contribution in [3.05, 3.63) is 42.0 Å². The molecular formula is C17H20O3. The summed E-state index contributed by atoms with van der Waals surface area (Å²) < 4.78 is 5.71. The van der Waals surface area contributed by atoms with Gasteiger partial charge < -0.3 is 9.84 Å². The maximum Gasteiger partial charge on any atom is 0.336 e. The molecule has 2 aromatic carbocycles. The molecule has 0 fully saturated rings. The highest BCUT2D eigenvalue weighted by molar-refractivity contribution is 6.03. The molecule has 20 heavy (non-hydrogen) atoms. The van der Waals surface area contributed by atoms with Crippen LogP contribution in [0.25, 0.3) is 10.8 Å². The fraction of sp³-hybridized carbons (Fsp3) is 0.353. The number of carbonyl (C=O) groups is 1. The second-order valence-electron chi connectivity index (χ2n) is 4.90. The normalized spacial score (nSPS) is 10.7. The summed E-state index contributed by atoms with van der Waals surface area (Å²) in [5.41, 5.74) is 0.331. The minimum absolute atomic E-state index is 0.331. The van der Waals surface area contributed by atoms with E-state index in [0.29, 0.717) is 12.2 Å². The molecule has 1 N–H and O–H groups in total. The van der Waals surface area contributed by atoms with Crippen molar-refractivity contribution in [2.45, 2.75) is 32.6 Å². The number of ether oxygens (including phenoxy) is 1. The van der Waals surface area contributed by atoms with E-state index in [1.165, 1.54) is 19.3 Å². The molecule has 0 radical (unpaired) electrons. The van der Waals surface area contributed by atoms with E-state index in [1.54, 1.807) is 12.1 Å². The number of benzene rings is 2. The van der Waals surface area contributed by atoms with Gasteiger partial charge in [-0.2, -0.15) is 0 Å². The smallest absolute Gasteiger partial charge is 0.336 e. The molecule has 3 nitrogen and oxygen atoms in total. The highest BCUT2D eigenvalue weighted by Gasteiger charge is 2.08. The molecule has 0 atom stereocenters. The van der Waals surface area contributed by atoms with Crippen LogP contribution in [-0.2, 0) is 0 Å². The van der Waals surface area contributed by atoms with Crippen LogP contribution in [0.3, 0.4) is 0 Å². The van der Waals surface area contributed by atoms with Crippen LogP contribution in [0.15, 0.2) is 36.4 Å². The Balaban J connectivity index is 2.08. The lowest BCUT2D eigenvalue weighted by Crippen LogP contribution is -1.99. The summed E-state index contributed by atoms with van der Waals surface area (Å²) in [6.45, 7) is 2.90. The first-order valence-electron chi connectivity index (χ1n) is 7.11. The van der Waals surface area contributed by atoms with Gasteiger partial charge in [-0.3, -0.25) is 0 Å². The van der Waals surface area contributed by atoms with Gasteiger partial charge in [0, 0.05) is 0 Å². The molecule has 0 spiro atoms. The largest absolute Gasteiger partial charge is 0.494 e. The highest BCUT2D eigenvalue weighted by atomic mass is 16.5. The Bertz CT molecular complexity index is 590. The third-order valence-corrected chi connectivity index (χ3v) is 3.35. The minimum atomic E-state index is -0.899. The predicted molar refractivity (Wildman–Crippen MR) is 80.5 cm³/mol. The molecule has 0 heterocycles. The number of fused-ring (bicyclic) bond motifs is 1. The van der Waals surface area contributed by atoms with Crippen molar-refractivity contribution in [2.24, 2.45) is 0 Å². The van der Waals surface area contributed by atoms with Gasteiger partial charge in [0.2, 0.25) is 0 Å². The maximum absolute atomic E-state index is 11.1. The topological polar surface area (TPSA) is 46.5 Å². The third kappa shape index (κ3) is 3.50. The lowest BCUT2D eigenvalue weighted by Gasteiger charge is -2.08. The van der Waals surface area contributed by atoms with Crippen molar-refractivity contribution in [1.82, 2.24) is 0 Å². The lowest BCUT2D eigenvalue weighted by atomic mass is 10.0. The van der Waals surface area contributed by atoms with Crippen LogP contribution in [0.5, 0.6) is 5.75 Å². The van der Waals surface area contributed by atoms with Crippen LogP contribution in [0.4, 0.5) is 0 Å². The Hall–Kier alpha value is -2.03. The van der Waals surface area contributed by atoms with Crippen molar-refractivity contribution in [1.29, 1.82) is 0 Å². The van der Waals surface area contributed by atoms with Crippen LogP contribution in [0, 0.1) is 0 Å².